The molecule has 1 aromatic carbocycles. The number of benzene rings is 1. The topological polar surface area (TPSA) is 34.0 Å². The number of aromatic nitrogens is 1. The number of hydrogen-bond acceptors (Lipinski definition) is 1. The number of nitrogens with zero attached hydrogens (tertiary/aromatic N) is 1. The van der Waals surface area contributed by atoms with Crippen LogP contribution in [0.15, 0.2) is 36.4 Å². The standard InChI is InChI=1S/C23H28N2O/c1-15-8-21(16(2)25(15)20-6-4-3-5-7-20)22(26)24-23-12-17-9-18(13-23)11-19(10-17)14-23/h3-8,17-19H,9-14H2,1-2H3,(H,24,26). The molecule has 0 atom stereocenters. The second kappa shape index (κ2) is 5.73. The fraction of sp³-hybridized carbons (Fsp3) is 0.522. The minimum atomic E-state index is 0.0705. The lowest BCUT2D eigenvalue weighted by molar-refractivity contribution is -0.0167. The minimum Gasteiger partial charge on any atom is -0.347 e. The molecule has 0 radical (unpaired) electrons. The van der Waals surface area contributed by atoms with E-state index in [2.05, 4.69) is 41.9 Å². The summed E-state index contributed by atoms with van der Waals surface area (Å²) >= 11 is 0. The van der Waals surface area contributed by atoms with Crippen molar-refractivity contribution in [3.63, 3.8) is 0 Å². The number of carbonyl (C=O) groups excluding carboxylic acids is 1. The summed E-state index contributed by atoms with van der Waals surface area (Å²) in [6, 6.07) is 12.4. The summed E-state index contributed by atoms with van der Waals surface area (Å²) in [5, 5.41) is 3.52. The highest BCUT2D eigenvalue weighted by Gasteiger charge is 2.51. The van der Waals surface area contributed by atoms with Gasteiger partial charge < -0.3 is 9.88 Å². The zero-order valence-electron chi connectivity index (χ0n) is 15.8. The quantitative estimate of drug-likeness (QED) is 0.850. The summed E-state index contributed by atoms with van der Waals surface area (Å²) in [6.45, 7) is 4.15. The van der Waals surface area contributed by atoms with Crippen LogP contribution in [-0.4, -0.2) is 16.0 Å². The first kappa shape index (κ1) is 16.2. The van der Waals surface area contributed by atoms with Crippen molar-refractivity contribution in [2.75, 3.05) is 0 Å². The molecule has 4 aliphatic carbocycles. The molecule has 1 N–H and O–H groups in total. The van der Waals surface area contributed by atoms with Gasteiger partial charge in [-0.05, 0) is 88.3 Å². The van der Waals surface area contributed by atoms with Crippen LogP contribution in [0.2, 0.25) is 0 Å². The number of nitrogens with one attached hydrogen (secondary N) is 1. The Bertz CT molecular complexity index is 813. The maximum absolute atomic E-state index is 13.2. The fourth-order valence-corrected chi connectivity index (χ4v) is 6.54. The Balaban J connectivity index is 1.43. The zero-order chi connectivity index (χ0) is 17.9. The van der Waals surface area contributed by atoms with Gasteiger partial charge in [-0.2, -0.15) is 0 Å². The van der Waals surface area contributed by atoms with E-state index in [1.807, 2.05) is 18.2 Å². The summed E-state index contributed by atoms with van der Waals surface area (Å²) in [5.74, 6) is 2.66. The van der Waals surface area contributed by atoms with Gasteiger partial charge in [0.1, 0.15) is 0 Å². The molecule has 26 heavy (non-hydrogen) atoms. The molecule has 4 saturated carbocycles. The van der Waals surface area contributed by atoms with E-state index in [0.29, 0.717) is 0 Å². The summed E-state index contributed by atoms with van der Waals surface area (Å²) in [4.78, 5) is 13.2. The van der Waals surface area contributed by atoms with Crippen LogP contribution in [0.1, 0.15) is 60.3 Å². The van der Waals surface area contributed by atoms with Crippen molar-refractivity contribution in [2.24, 2.45) is 17.8 Å². The van der Waals surface area contributed by atoms with E-state index in [0.717, 1.165) is 40.4 Å². The van der Waals surface area contributed by atoms with Gasteiger partial charge in [0, 0.05) is 22.6 Å². The number of carbonyl (C=O) groups is 1. The molecule has 0 unspecified atom stereocenters. The van der Waals surface area contributed by atoms with E-state index in [1.165, 1.54) is 38.5 Å². The third kappa shape index (κ3) is 2.52. The van der Waals surface area contributed by atoms with Crippen LogP contribution in [0, 0.1) is 31.6 Å². The van der Waals surface area contributed by atoms with Gasteiger partial charge in [-0.1, -0.05) is 18.2 Å². The average Bonchev–Trinajstić information content (AvgIpc) is 2.88. The van der Waals surface area contributed by atoms with Crippen molar-refractivity contribution in [3.05, 3.63) is 53.3 Å². The molecule has 3 heteroatoms. The number of amides is 1. The SMILES string of the molecule is Cc1cc(C(=O)NC23CC4CC(CC(C4)C2)C3)c(C)n1-c1ccccc1. The largest absolute Gasteiger partial charge is 0.347 e. The number of para-hydroxylation sites is 1. The Morgan fingerprint density at radius 3 is 2.15 bits per heavy atom. The maximum Gasteiger partial charge on any atom is 0.253 e. The van der Waals surface area contributed by atoms with Crippen molar-refractivity contribution in [1.29, 1.82) is 0 Å². The van der Waals surface area contributed by atoms with E-state index >= 15 is 0 Å². The Hall–Kier alpha value is -2.03. The van der Waals surface area contributed by atoms with E-state index in [4.69, 9.17) is 0 Å². The summed E-state index contributed by atoms with van der Waals surface area (Å²) in [7, 11) is 0. The second-order valence-corrected chi connectivity index (χ2v) is 9.11. The molecule has 1 heterocycles. The van der Waals surface area contributed by atoms with Crippen LogP contribution in [-0.2, 0) is 0 Å². The average molecular weight is 348 g/mol. The van der Waals surface area contributed by atoms with Crippen LogP contribution in [0.25, 0.3) is 5.69 Å². The molecule has 2 aromatic rings. The molecule has 0 spiro atoms. The maximum atomic E-state index is 13.2. The molecule has 1 aromatic heterocycles. The molecule has 0 saturated heterocycles. The molecule has 3 nitrogen and oxygen atoms in total. The highest BCUT2D eigenvalue weighted by Crippen LogP contribution is 2.55. The zero-order valence-corrected chi connectivity index (χ0v) is 15.8. The van der Waals surface area contributed by atoms with Crippen LogP contribution in [0.5, 0.6) is 0 Å². The van der Waals surface area contributed by atoms with E-state index in [-0.39, 0.29) is 11.4 Å². The first-order valence-corrected chi connectivity index (χ1v) is 10.1. The Kier molecular flexibility index (Phi) is 3.57. The lowest BCUT2D eigenvalue weighted by Crippen LogP contribution is -2.59. The van der Waals surface area contributed by atoms with Gasteiger partial charge in [0.05, 0.1) is 5.56 Å². The van der Waals surface area contributed by atoms with Gasteiger partial charge in [-0.3, -0.25) is 4.79 Å². The highest BCUT2D eigenvalue weighted by atomic mass is 16.1. The summed E-state index contributed by atoms with van der Waals surface area (Å²) in [5.41, 5.74) is 4.18. The van der Waals surface area contributed by atoms with Gasteiger partial charge in [-0.15, -0.1) is 0 Å². The monoisotopic (exact) mass is 348 g/mol. The highest BCUT2D eigenvalue weighted by molar-refractivity contribution is 5.96. The molecule has 4 fully saturated rings. The first-order valence-electron chi connectivity index (χ1n) is 10.1. The number of aryl methyl sites for hydroxylation is 1. The van der Waals surface area contributed by atoms with Gasteiger partial charge in [0.2, 0.25) is 0 Å². The van der Waals surface area contributed by atoms with Crippen molar-refractivity contribution >= 4 is 5.91 Å². The predicted molar refractivity (Wildman–Crippen MR) is 104 cm³/mol. The summed E-state index contributed by atoms with van der Waals surface area (Å²) < 4.78 is 2.19. The molecule has 1 amide bonds. The van der Waals surface area contributed by atoms with Gasteiger partial charge in [0.15, 0.2) is 0 Å². The molecule has 136 valence electrons. The lowest BCUT2D eigenvalue weighted by Gasteiger charge is -2.56. The second-order valence-electron chi connectivity index (χ2n) is 9.11. The lowest BCUT2D eigenvalue weighted by atomic mass is 9.53. The third-order valence-electron chi connectivity index (χ3n) is 7.11. The number of rotatable bonds is 3. The van der Waals surface area contributed by atoms with Crippen LogP contribution < -0.4 is 5.32 Å². The Morgan fingerprint density at radius 1 is 1.00 bits per heavy atom. The van der Waals surface area contributed by atoms with Crippen LogP contribution in [0.4, 0.5) is 0 Å². The minimum absolute atomic E-state index is 0.0705. The summed E-state index contributed by atoms with van der Waals surface area (Å²) in [6.07, 6.45) is 7.79. The van der Waals surface area contributed by atoms with Crippen molar-refractivity contribution in [2.45, 2.75) is 57.9 Å². The number of hydrogen-bond donors (Lipinski definition) is 1. The molecular weight excluding hydrogens is 320 g/mol. The van der Waals surface area contributed by atoms with Crippen LogP contribution >= 0.6 is 0 Å². The van der Waals surface area contributed by atoms with Gasteiger partial charge in [0.25, 0.3) is 5.91 Å². The molecule has 4 aliphatic rings. The normalized spacial score (nSPS) is 32.0. The van der Waals surface area contributed by atoms with E-state index in [1.54, 1.807) is 0 Å². The third-order valence-corrected chi connectivity index (χ3v) is 7.11. The molecular formula is C23H28N2O. The fourth-order valence-electron chi connectivity index (χ4n) is 6.54. The van der Waals surface area contributed by atoms with Crippen molar-refractivity contribution in [3.8, 4) is 5.69 Å². The van der Waals surface area contributed by atoms with E-state index < -0.39 is 0 Å². The Labute approximate surface area is 155 Å². The predicted octanol–water partition coefficient (Wildman–Crippen LogP) is 4.79. The van der Waals surface area contributed by atoms with Crippen molar-refractivity contribution in [1.82, 2.24) is 9.88 Å². The smallest absolute Gasteiger partial charge is 0.253 e. The van der Waals surface area contributed by atoms with Gasteiger partial charge in [-0.25, -0.2) is 0 Å². The molecule has 0 aliphatic heterocycles. The molecule has 6 rings (SSSR count). The molecule has 4 bridgehead atoms. The van der Waals surface area contributed by atoms with Crippen molar-refractivity contribution < 1.29 is 4.79 Å². The van der Waals surface area contributed by atoms with E-state index in [9.17, 15) is 4.79 Å². The first-order chi connectivity index (χ1) is 12.5. The van der Waals surface area contributed by atoms with Crippen LogP contribution in [0.3, 0.4) is 0 Å². The van der Waals surface area contributed by atoms with Gasteiger partial charge >= 0.3 is 0 Å². The Morgan fingerprint density at radius 2 is 1.58 bits per heavy atom.